The molecule has 0 unspecified atom stereocenters. The molecular formula is C34H46N2O3Si. The Kier molecular flexibility index (Phi) is 10.6. The van der Waals surface area contributed by atoms with Crippen LogP contribution in [-0.2, 0) is 17.5 Å². The fourth-order valence-electron chi connectivity index (χ4n) is 4.62. The predicted octanol–water partition coefficient (Wildman–Crippen LogP) is 8.89. The number of pyridine rings is 1. The highest BCUT2D eigenvalue weighted by Gasteiger charge is 2.38. The standard InChI is InChI=1S/C34H46N2O3Si/c1-24-20-30(37-19-17-26(3)39-40(8,9)34(5,6)7)21-25(2)33(24)31-14-10-13-29(27(31)4)23-38-32-16-15-28(22-36-32)12-11-18-35/h10,13-16,20-22,26H,11-12,17,19,23H2,1-9H3/t26-/m1/s1. The fraction of sp³-hybridized carbons (Fsp3) is 0.471. The van der Waals surface area contributed by atoms with Gasteiger partial charge in [0.15, 0.2) is 8.32 Å². The first-order valence-electron chi connectivity index (χ1n) is 14.3. The lowest BCUT2D eigenvalue weighted by Crippen LogP contribution is -2.43. The molecule has 0 spiro atoms. The summed E-state index contributed by atoms with van der Waals surface area (Å²) in [6, 6.07) is 16.7. The number of hydrogen-bond acceptors (Lipinski definition) is 5. The van der Waals surface area contributed by atoms with Crippen LogP contribution in [0.2, 0.25) is 18.1 Å². The number of aromatic nitrogens is 1. The Hall–Kier alpha value is -3.14. The predicted molar refractivity (Wildman–Crippen MR) is 166 cm³/mol. The van der Waals surface area contributed by atoms with Crippen LogP contribution in [0.3, 0.4) is 0 Å². The minimum absolute atomic E-state index is 0.173. The summed E-state index contributed by atoms with van der Waals surface area (Å²) in [5.74, 6) is 1.49. The Bertz CT molecular complexity index is 1300. The van der Waals surface area contributed by atoms with Crippen LogP contribution in [0.4, 0.5) is 0 Å². The van der Waals surface area contributed by atoms with Gasteiger partial charge in [-0.1, -0.05) is 45.0 Å². The third kappa shape index (κ3) is 8.19. The molecule has 0 N–H and O–H groups in total. The molecule has 1 heterocycles. The van der Waals surface area contributed by atoms with Gasteiger partial charge in [-0.2, -0.15) is 5.26 Å². The highest BCUT2D eigenvalue weighted by atomic mass is 28.4. The van der Waals surface area contributed by atoms with Crippen LogP contribution in [0, 0.1) is 32.1 Å². The van der Waals surface area contributed by atoms with E-state index in [0.717, 1.165) is 23.3 Å². The highest BCUT2D eigenvalue weighted by Crippen LogP contribution is 2.38. The van der Waals surface area contributed by atoms with E-state index in [0.29, 0.717) is 31.9 Å². The van der Waals surface area contributed by atoms with Crippen molar-refractivity contribution in [1.29, 1.82) is 5.26 Å². The van der Waals surface area contributed by atoms with E-state index in [2.05, 4.69) is 103 Å². The number of ether oxygens (including phenoxy) is 2. The Morgan fingerprint density at radius 3 is 2.30 bits per heavy atom. The largest absolute Gasteiger partial charge is 0.493 e. The number of hydrogen-bond donors (Lipinski definition) is 0. The van der Waals surface area contributed by atoms with E-state index in [-0.39, 0.29) is 11.1 Å². The second-order valence-corrected chi connectivity index (χ2v) is 17.1. The second kappa shape index (κ2) is 13.5. The molecule has 0 aliphatic rings. The molecule has 6 heteroatoms. The van der Waals surface area contributed by atoms with Gasteiger partial charge < -0.3 is 13.9 Å². The van der Waals surface area contributed by atoms with Crippen molar-refractivity contribution < 1.29 is 13.9 Å². The molecule has 214 valence electrons. The van der Waals surface area contributed by atoms with E-state index in [9.17, 15) is 0 Å². The van der Waals surface area contributed by atoms with E-state index >= 15 is 0 Å². The Balaban J connectivity index is 1.66. The number of rotatable bonds is 12. The van der Waals surface area contributed by atoms with E-state index in [1.54, 1.807) is 6.20 Å². The third-order valence-electron chi connectivity index (χ3n) is 8.02. The monoisotopic (exact) mass is 558 g/mol. The first kappa shape index (κ1) is 31.4. The number of benzene rings is 2. The van der Waals surface area contributed by atoms with Gasteiger partial charge in [-0.15, -0.1) is 0 Å². The zero-order valence-corrected chi connectivity index (χ0v) is 26.9. The molecule has 0 bridgehead atoms. The zero-order chi connectivity index (χ0) is 29.5. The number of nitrogens with zero attached hydrogens (tertiary/aromatic N) is 2. The first-order chi connectivity index (χ1) is 18.8. The van der Waals surface area contributed by atoms with Gasteiger partial charge in [-0.05, 0) is 103 Å². The van der Waals surface area contributed by atoms with Crippen LogP contribution in [0.1, 0.15) is 68.4 Å². The van der Waals surface area contributed by atoms with E-state index in [4.69, 9.17) is 19.2 Å². The van der Waals surface area contributed by atoms with Crippen LogP contribution in [0.15, 0.2) is 48.7 Å². The smallest absolute Gasteiger partial charge is 0.213 e. The molecule has 0 aliphatic carbocycles. The van der Waals surface area contributed by atoms with E-state index < -0.39 is 8.32 Å². The summed E-state index contributed by atoms with van der Waals surface area (Å²) >= 11 is 0. The minimum atomic E-state index is -1.78. The van der Waals surface area contributed by atoms with Gasteiger partial charge in [0, 0.05) is 31.2 Å². The van der Waals surface area contributed by atoms with Gasteiger partial charge in [-0.25, -0.2) is 4.98 Å². The lowest BCUT2D eigenvalue weighted by Gasteiger charge is -2.38. The zero-order valence-electron chi connectivity index (χ0n) is 25.9. The molecule has 0 radical (unpaired) electrons. The maximum absolute atomic E-state index is 8.77. The molecule has 0 aliphatic heterocycles. The minimum Gasteiger partial charge on any atom is -0.493 e. The van der Waals surface area contributed by atoms with Gasteiger partial charge in [0.05, 0.1) is 12.7 Å². The summed E-state index contributed by atoms with van der Waals surface area (Å²) in [4.78, 5) is 4.41. The lowest BCUT2D eigenvalue weighted by molar-refractivity contribution is 0.161. The van der Waals surface area contributed by atoms with Crippen molar-refractivity contribution in [3.63, 3.8) is 0 Å². The van der Waals surface area contributed by atoms with Crippen molar-refractivity contribution in [2.75, 3.05) is 6.61 Å². The molecule has 40 heavy (non-hydrogen) atoms. The van der Waals surface area contributed by atoms with Crippen molar-refractivity contribution in [1.82, 2.24) is 4.98 Å². The maximum atomic E-state index is 8.77. The maximum Gasteiger partial charge on any atom is 0.213 e. The fourth-order valence-corrected chi connectivity index (χ4v) is 6.10. The summed E-state index contributed by atoms with van der Waals surface area (Å²) in [7, 11) is -1.78. The Labute approximate surface area is 242 Å². The van der Waals surface area contributed by atoms with Crippen molar-refractivity contribution in [2.24, 2.45) is 0 Å². The van der Waals surface area contributed by atoms with Crippen molar-refractivity contribution >= 4 is 8.32 Å². The van der Waals surface area contributed by atoms with Crippen LogP contribution in [-0.4, -0.2) is 26.0 Å². The lowest BCUT2D eigenvalue weighted by atomic mass is 9.90. The number of nitriles is 1. The average molecular weight is 559 g/mol. The normalized spacial score (nSPS) is 12.6. The average Bonchev–Trinajstić information content (AvgIpc) is 2.87. The molecule has 5 nitrogen and oxygen atoms in total. The Morgan fingerprint density at radius 2 is 1.70 bits per heavy atom. The van der Waals surface area contributed by atoms with Gasteiger partial charge in [-0.3, -0.25) is 0 Å². The van der Waals surface area contributed by atoms with Crippen molar-refractivity contribution in [3.8, 4) is 28.8 Å². The summed E-state index contributed by atoms with van der Waals surface area (Å²) < 4.78 is 18.7. The summed E-state index contributed by atoms with van der Waals surface area (Å²) in [5, 5.41) is 8.97. The van der Waals surface area contributed by atoms with Crippen LogP contribution < -0.4 is 9.47 Å². The molecule has 0 amide bonds. The topological polar surface area (TPSA) is 64.4 Å². The quantitative estimate of drug-likeness (QED) is 0.208. The molecular weight excluding hydrogens is 512 g/mol. The van der Waals surface area contributed by atoms with Crippen LogP contribution >= 0.6 is 0 Å². The number of aryl methyl sites for hydroxylation is 3. The Morgan fingerprint density at radius 1 is 1.00 bits per heavy atom. The molecule has 1 atom stereocenters. The molecule has 2 aromatic carbocycles. The summed E-state index contributed by atoms with van der Waals surface area (Å²) in [6.07, 6.45) is 4.02. The van der Waals surface area contributed by atoms with Crippen LogP contribution in [0.5, 0.6) is 11.6 Å². The van der Waals surface area contributed by atoms with E-state index in [1.165, 1.54) is 27.8 Å². The molecule has 0 fully saturated rings. The molecule has 1 aromatic heterocycles. The van der Waals surface area contributed by atoms with Crippen LogP contribution in [0.25, 0.3) is 11.1 Å². The van der Waals surface area contributed by atoms with Gasteiger partial charge in [0.25, 0.3) is 0 Å². The summed E-state index contributed by atoms with van der Waals surface area (Å²) in [6.45, 7) is 21.1. The molecule has 3 rings (SSSR count). The SMILES string of the molecule is Cc1cc(OCC[C@@H](C)O[Si](C)(C)C(C)(C)C)cc(C)c1-c1cccc(COc2ccc(CCC#N)cn2)c1C. The van der Waals surface area contributed by atoms with Crippen molar-refractivity contribution in [2.45, 2.75) is 98.6 Å². The second-order valence-electron chi connectivity index (χ2n) is 12.3. The summed E-state index contributed by atoms with van der Waals surface area (Å²) in [5.41, 5.74) is 8.19. The van der Waals surface area contributed by atoms with Crippen molar-refractivity contribution in [3.05, 3.63) is 76.5 Å². The van der Waals surface area contributed by atoms with Gasteiger partial charge >= 0.3 is 0 Å². The van der Waals surface area contributed by atoms with Gasteiger partial charge in [0.1, 0.15) is 12.4 Å². The molecule has 3 aromatic rings. The van der Waals surface area contributed by atoms with Gasteiger partial charge in [0.2, 0.25) is 5.88 Å². The highest BCUT2D eigenvalue weighted by molar-refractivity contribution is 6.74. The molecule has 0 saturated carbocycles. The molecule has 0 saturated heterocycles. The first-order valence-corrected chi connectivity index (χ1v) is 17.2. The van der Waals surface area contributed by atoms with E-state index in [1.807, 2.05) is 12.1 Å². The third-order valence-corrected chi connectivity index (χ3v) is 12.6.